The third-order valence-corrected chi connectivity index (χ3v) is 5.28. The third-order valence-electron chi connectivity index (χ3n) is 5.28. The number of H-pyrrole nitrogens is 2. The number of imidazole rings is 1. The van der Waals surface area contributed by atoms with Crippen LogP contribution in [0.5, 0.6) is 0 Å². The van der Waals surface area contributed by atoms with Crippen LogP contribution in [0.25, 0.3) is 50.3 Å². The summed E-state index contributed by atoms with van der Waals surface area (Å²) in [5, 5.41) is 7.61. The Bertz CT molecular complexity index is 1560. The first-order chi connectivity index (χ1) is 16.1. The summed E-state index contributed by atoms with van der Waals surface area (Å²) in [7, 11) is 0. The Balaban J connectivity index is 1.68. The molecule has 0 atom stereocenters. The van der Waals surface area contributed by atoms with Crippen LogP contribution in [0.3, 0.4) is 0 Å². The van der Waals surface area contributed by atoms with E-state index in [1.807, 2.05) is 6.07 Å². The number of nitrogens with zero attached hydrogens (tertiary/aromatic N) is 4. The normalized spacial score (nSPS) is 12.3. The summed E-state index contributed by atoms with van der Waals surface area (Å²) in [4.78, 5) is 16.5. The molecule has 0 amide bonds. The summed E-state index contributed by atoms with van der Waals surface area (Å²) in [6.45, 7) is 5.60. The standard InChI is InChI=1S/C25H18F2N6/c1-3-14(13-28-4-2)16-11-18-22(19(27)12-16)32-33-23(18)25-30-20-9-10-29-21(24(20)31-25)15-5-7-17(26)8-6-15/h3-13H,1H2,2H3,(H,30,31)(H,32,33)/b14-13+,28-4?. The van der Waals surface area contributed by atoms with Crippen LogP contribution in [-0.4, -0.2) is 31.4 Å². The molecule has 0 saturated carbocycles. The highest BCUT2D eigenvalue weighted by molar-refractivity contribution is 5.97. The smallest absolute Gasteiger partial charge is 0.157 e. The molecule has 0 fully saturated rings. The molecular formula is C25H18F2N6. The molecule has 0 aliphatic rings. The lowest BCUT2D eigenvalue weighted by Gasteiger charge is -2.03. The molecule has 6 nitrogen and oxygen atoms in total. The van der Waals surface area contributed by atoms with Crippen LogP contribution in [-0.2, 0) is 0 Å². The minimum atomic E-state index is -0.469. The molecule has 3 heterocycles. The van der Waals surface area contributed by atoms with Gasteiger partial charge in [0.15, 0.2) is 11.6 Å². The Kier molecular flexibility index (Phi) is 5.10. The van der Waals surface area contributed by atoms with E-state index in [-0.39, 0.29) is 11.3 Å². The first-order valence-corrected chi connectivity index (χ1v) is 10.2. The Hall–Kier alpha value is -4.46. The molecule has 3 aromatic heterocycles. The van der Waals surface area contributed by atoms with Crippen molar-refractivity contribution in [2.24, 2.45) is 4.99 Å². The highest BCUT2D eigenvalue weighted by atomic mass is 19.1. The van der Waals surface area contributed by atoms with Crippen molar-refractivity contribution in [3.8, 4) is 22.8 Å². The van der Waals surface area contributed by atoms with Crippen molar-refractivity contribution < 1.29 is 8.78 Å². The topological polar surface area (TPSA) is 82.6 Å². The number of hydrogen-bond acceptors (Lipinski definition) is 4. The summed E-state index contributed by atoms with van der Waals surface area (Å²) in [5.41, 5.74) is 4.73. The minimum Gasteiger partial charge on any atom is -0.337 e. The van der Waals surface area contributed by atoms with Gasteiger partial charge in [-0.2, -0.15) is 5.10 Å². The second-order valence-electron chi connectivity index (χ2n) is 7.30. The fraction of sp³-hybridized carbons (Fsp3) is 0.0400. The van der Waals surface area contributed by atoms with E-state index in [2.05, 4.69) is 31.7 Å². The Morgan fingerprint density at radius 2 is 1.91 bits per heavy atom. The van der Waals surface area contributed by atoms with Gasteiger partial charge >= 0.3 is 0 Å². The minimum absolute atomic E-state index is 0.202. The molecular weight excluding hydrogens is 422 g/mol. The summed E-state index contributed by atoms with van der Waals surface area (Å²) in [5.74, 6) is -0.313. The first-order valence-electron chi connectivity index (χ1n) is 10.2. The molecule has 0 radical (unpaired) electrons. The van der Waals surface area contributed by atoms with Crippen LogP contribution in [0.15, 0.2) is 72.5 Å². The van der Waals surface area contributed by atoms with Crippen LogP contribution < -0.4 is 0 Å². The summed E-state index contributed by atoms with van der Waals surface area (Å²) < 4.78 is 28.2. The molecule has 0 saturated heterocycles. The van der Waals surface area contributed by atoms with Gasteiger partial charge in [0, 0.05) is 29.6 Å². The van der Waals surface area contributed by atoms with Crippen molar-refractivity contribution in [1.29, 1.82) is 0 Å². The van der Waals surface area contributed by atoms with Crippen molar-refractivity contribution in [2.75, 3.05) is 0 Å². The number of benzene rings is 2. The molecule has 0 spiro atoms. The van der Waals surface area contributed by atoms with Gasteiger partial charge in [0.1, 0.15) is 22.5 Å². The third kappa shape index (κ3) is 3.61. The lowest BCUT2D eigenvalue weighted by Crippen LogP contribution is -1.87. The average Bonchev–Trinajstić information content (AvgIpc) is 3.44. The number of allylic oxidation sites excluding steroid dienone is 2. The highest BCUT2D eigenvalue weighted by Gasteiger charge is 2.18. The van der Waals surface area contributed by atoms with E-state index in [4.69, 9.17) is 4.98 Å². The van der Waals surface area contributed by atoms with Gasteiger partial charge in [0.2, 0.25) is 0 Å². The molecule has 0 aliphatic heterocycles. The predicted molar refractivity (Wildman–Crippen MR) is 127 cm³/mol. The van der Waals surface area contributed by atoms with Crippen molar-refractivity contribution in [3.63, 3.8) is 0 Å². The molecule has 5 rings (SSSR count). The maximum absolute atomic E-state index is 14.9. The van der Waals surface area contributed by atoms with Crippen LogP contribution in [0.2, 0.25) is 0 Å². The van der Waals surface area contributed by atoms with Crippen molar-refractivity contribution in [2.45, 2.75) is 6.92 Å². The molecule has 0 unspecified atom stereocenters. The Labute approximate surface area is 187 Å². The largest absolute Gasteiger partial charge is 0.337 e. The molecule has 2 aromatic carbocycles. The monoisotopic (exact) mass is 440 g/mol. The fourth-order valence-corrected chi connectivity index (χ4v) is 3.70. The average molecular weight is 440 g/mol. The summed E-state index contributed by atoms with van der Waals surface area (Å²) in [6, 6.07) is 11.1. The highest BCUT2D eigenvalue weighted by Crippen LogP contribution is 2.32. The van der Waals surface area contributed by atoms with Gasteiger partial charge in [-0.3, -0.25) is 15.1 Å². The van der Waals surface area contributed by atoms with Gasteiger partial charge in [0.05, 0.1) is 11.2 Å². The summed E-state index contributed by atoms with van der Waals surface area (Å²) >= 11 is 0. The van der Waals surface area contributed by atoms with E-state index in [1.165, 1.54) is 18.2 Å². The molecule has 0 aliphatic carbocycles. The SMILES string of the molecule is C=C/C(=C\N=CC)c1cc(F)c2n[nH]c(-c3nc4c(-c5ccc(F)cc5)nccc4[nH]3)c2c1. The molecule has 5 aromatic rings. The molecule has 8 heteroatoms. The number of hydrogen-bond donors (Lipinski definition) is 2. The van der Waals surface area contributed by atoms with Crippen LogP contribution in [0, 0.1) is 11.6 Å². The van der Waals surface area contributed by atoms with Gasteiger partial charge in [-0.1, -0.05) is 12.7 Å². The molecule has 162 valence electrons. The van der Waals surface area contributed by atoms with Crippen molar-refractivity contribution in [3.05, 3.63) is 84.7 Å². The van der Waals surface area contributed by atoms with Gasteiger partial charge in [-0.15, -0.1) is 0 Å². The number of nitrogens with one attached hydrogen (secondary N) is 2. The quantitative estimate of drug-likeness (QED) is 0.257. The van der Waals surface area contributed by atoms with Crippen LogP contribution in [0.4, 0.5) is 8.78 Å². The zero-order valence-electron chi connectivity index (χ0n) is 17.6. The lowest BCUT2D eigenvalue weighted by atomic mass is 10.0. The second-order valence-corrected chi connectivity index (χ2v) is 7.30. The fourth-order valence-electron chi connectivity index (χ4n) is 3.70. The number of pyridine rings is 1. The molecule has 33 heavy (non-hydrogen) atoms. The number of aromatic nitrogens is 5. The molecule has 2 N–H and O–H groups in total. The predicted octanol–water partition coefficient (Wildman–Crippen LogP) is 6.06. The van der Waals surface area contributed by atoms with E-state index in [9.17, 15) is 8.78 Å². The van der Waals surface area contributed by atoms with Gasteiger partial charge in [-0.05, 0) is 60.5 Å². The van der Waals surface area contributed by atoms with Gasteiger partial charge in [-0.25, -0.2) is 13.8 Å². The van der Waals surface area contributed by atoms with Gasteiger partial charge in [0.25, 0.3) is 0 Å². The first kappa shape index (κ1) is 20.4. The second kappa shape index (κ2) is 8.23. The number of aliphatic imine (C=N–C) groups is 1. The number of aromatic amines is 2. The van der Waals surface area contributed by atoms with E-state index < -0.39 is 5.82 Å². The van der Waals surface area contributed by atoms with Crippen LogP contribution >= 0.6 is 0 Å². The maximum atomic E-state index is 14.9. The lowest BCUT2D eigenvalue weighted by molar-refractivity contribution is 0.628. The van der Waals surface area contributed by atoms with E-state index in [1.54, 1.807) is 49.8 Å². The molecule has 0 bridgehead atoms. The number of fused-ring (bicyclic) bond motifs is 2. The number of rotatable bonds is 5. The van der Waals surface area contributed by atoms with Crippen molar-refractivity contribution in [1.82, 2.24) is 25.1 Å². The van der Waals surface area contributed by atoms with E-state index in [0.29, 0.717) is 39.3 Å². The Morgan fingerprint density at radius 1 is 1.09 bits per heavy atom. The number of halogens is 2. The van der Waals surface area contributed by atoms with E-state index >= 15 is 0 Å². The zero-order valence-corrected chi connectivity index (χ0v) is 17.6. The zero-order chi connectivity index (χ0) is 22.9. The van der Waals surface area contributed by atoms with E-state index in [0.717, 1.165) is 11.1 Å². The Morgan fingerprint density at radius 3 is 2.67 bits per heavy atom. The summed E-state index contributed by atoms with van der Waals surface area (Å²) in [6.07, 6.45) is 6.54. The van der Waals surface area contributed by atoms with Crippen LogP contribution in [0.1, 0.15) is 12.5 Å². The maximum Gasteiger partial charge on any atom is 0.157 e. The van der Waals surface area contributed by atoms with Crippen molar-refractivity contribution >= 4 is 33.7 Å². The van der Waals surface area contributed by atoms with Gasteiger partial charge < -0.3 is 4.98 Å².